The average molecular weight is 396 g/mol. The summed E-state index contributed by atoms with van der Waals surface area (Å²) in [5, 5.41) is 3.09. The summed E-state index contributed by atoms with van der Waals surface area (Å²) in [6, 6.07) is 8.29. The number of hydrogen-bond acceptors (Lipinski definition) is 6. The Kier molecular flexibility index (Phi) is 6.24. The SMILES string of the molecule is Cc1ccc(CNC(=O)C2CCN(c3cnc(N4CCOCC4)nc3)CC2)cc1. The van der Waals surface area contributed by atoms with Crippen LogP contribution in [0.2, 0.25) is 0 Å². The molecule has 1 aromatic heterocycles. The summed E-state index contributed by atoms with van der Waals surface area (Å²) < 4.78 is 5.38. The summed E-state index contributed by atoms with van der Waals surface area (Å²) in [6.07, 6.45) is 5.50. The van der Waals surface area contributed by atoms with E-state index in [4.69, 9.17) is 4.74 Å². The van der Waals surface area contributed by atoms with Crippen LogP contribution in [0.3, 0.4) is 0 Å². The van der Waals surface area contributed by atoms with E-state index >= 15 is 0 Å². The Morgan fingerprint density at radius 2 is 1.69 bits per heavy atom. The zero-order chi connectivity index (χ0) is 20.1. The Bertz CT molecular complexity index is 795. The van der Waals surface area contributed by atoms with Crippen LogP contribution < -0.4 is 15.1 Å². The van der Waals surface area contributed by atoms with Crippen LogP contribution in [0.5, 0.6) is 0 Å². The Hall–Kier alpha value is -2.67. The highest BCUT2D eigenvalue weighted by atomic mass is 16.5. The third-order valence-electron chi connectivity index (χ3n) is 5.74. The molecule has 2 aliphatic rings. The second-order valence-corrected chi connectivity index (χ2v) is 7.81. The van der Waals surface area contributed by atoms with Crippen molar-refractivity contribution in [1.29, 1.82) is 0 Å². The molecule has 29 heavy (non-hydrogen) atoms. The Morgan fingerprint density at radius 1 is 1.03 bits per heavy atom. The summed E-state index contributed by atoms with van der Waals surface area (Å²) in [6.45, 7) is 7.49. The zero-order valence-corrected chi connectivity index (χ0v) is 17.0. The number of aryl methyl sites for hydroxylation is 1. The number of carbonyl (C=O) groups is 1. The van der Waals surface area contributed by atoms with Gasteiger partial charge in [-0.25, -0.2) is 9.97 Å². The molecule has 0 unspecified atom stereocenters. The number of rotatable bonds is 5. The lowest BCUT2D eigenvalue weighted by Gasteiger charge is -2.33. The van der Waals surface area contributed by atoms with Gasteiger partial charge in [0.05, 0.1) is 31.3 Å². The van der Waals surface area contributed by atoms with E-state index in [2.05, 4.69) is 56.3 Å². The standard InChI is InChI=1S/C22H29N5O2/c1-17-2-4-18(5-3-17)14-23-21(28)19-6-8-26(9-7-19)20-15-24-22(25-16-20)27-10-12-29-13-11-27/h2-5,15-16,19H,6-14H2,1H3,(H,23,28). The molecule has 7 nitrogen and oxygen atoms in total. The number of hydrogen-bond donors (Lipinski definition) is 1. The number of aromatic nitrogens is 2. The fourth-order valence-corrected chi connectivity index (χ4v) is 3.84. The fourth-order valence-electron chi connectivity index (χ4n) is 3.84. The van der Waals surface area contributed by atoms with Crippen molar-refractivity contribution in [2.24, 2.45) is 5.92 Å². The van der Waals surface area contributed by atoms with Crippen LogP contribution in [0.25, 0.3) is 0 Å². The molecule has 1 amide bonds. The number of nitrogens with one attached hydrogen (secondary N) is 1. The van der Waals surface area contributed by atoms with Crippen molar-refractivity contribution in [3.8, 4) is 0 Å². The van der Waals surface area contributed by atoms with E-state index < -0.39 is 0 Å². The van der Waals surface area contributed by atoms with Crippen molar-refractivity contribution in [3.63, 3.8) is 0 Å². The third kappa shape index (κ3) is 5.03. The van der Waals surface area contributed by atoms with E-state index in [1.165, 1.54) is 5.56 Å². The van der Waals surface area contributed by atoms with Gasteiger partial charge in [0.25, 0.3) is 0 Å². The minimum absolute atomic E-state index is 0.0743. The van der Waals surface area contributed by atoms with Gasteiger partial charge >= 0.3 is 0 Å². The minimum atomic E-state index is 0.0743. The number of anilines is 2. The van der Waals surface area contributed by atoms with E-state index in [0.29, 0.717) is 6.54 Å². The predicted octanol–water partition coefficient (Wildman–Crippen LogP) is 2.15. The second-order valence-electron chi connectivity index (χ2n) is 7.81. The smallest absolute Gasteiger partial charge is 0.225 e. The molecule has 0 spiro atoms. The number of benzene rings is 1. The van der Waals surface area contributed by atoms with Crippen molar-refractivity contribution >= 4 is 17.5 Å². The van der Waals surface area contributed by atoms with Crippen LogP contribution in [-0.2, 0) is 16.1 Å². The van der Waals surface area contributed by atoms with E-state index in [1.807, 2.05) is 12.4 Å². The van der Waals surface area contributed by atoms with Gasteiger partial charge in [-0.1, -0.05) is 29.8 Å². The predicted molar refractivity (Wildman–Crippen MR) is 113 cm³/mol. The average Bonchev–Trinajstić information content (AvgIpc) is 2.79. The van der Waals surface area contributed by atoms with Gasteiger partial charge in [0.1, 0.15) is 0 Å². The van der Waals surface area contributed by atoms with Gasteiger partial charge in [-0.15, -0.1) is 0 Å². The van der Waals surface area contributed by atoms with Crippen molar-refractivity contribution in [2.75, 3.05) is 49.2 Å². The van der Waals surface area contributed by atoms with Gasteiger partial charge in [-0.05, 0) is 25.3 Å². The molecule has 154 valence electrons. The van der Waals surface area contributed by atoms with Gasteiger partial charge in [0, 0.05) is 38.6 Å². The van der Waals surface area contributed by atoms with Crippen molar-refractivity contribution < 1.29 is 9.53 Å². The maximum absolute atomic E-state index is 12.5. The van der Waals surface area contributed by atoms with E-state index in [-0.39, 0.29) is 11.8 Å². The summed E-state index contributed by atoms with van der Waals surface area (Å²) in [5.41, 5.74) is 3.40. The molecule has 4 rings (SSSR count). The first-order chi connectivity index (χ1) is 14.2. The summed E-state index contributed by atoms with van der Waals surface area (Å²) in [7, 11) is 0. The van der Waals surface area contributed by atoms with Crippen LogP contribution in [-0.4, -0.2) is 55.3 Å². The number of piperidine rings is 1. The molecule has 0 atom stereocenters. The first-order valence-corrected chi connectivity index (χ1v) is 10.4. The number of amides is 1. The van der Waals surface area contributed by atoms with Gasteiger partial charge in [-0.3, -0.25) is 4.79 Å². The molecule has 2 aromatic rings. The number of ether oxygens (including phenoxy) is 1. The van der Waals surface area contributed by atoms with Crippen LogP contribution in [0.4, 0.5) is 11.6 Å². The van der Waals surface area contributed by atoms with Gasteiger partial charge in [-0.2, -0.15) is 0 Å². The number of carbonyl (C=O) groups excluding carboxylic acids is 1. The topological polar surface area (TPSA) is 70.6 Å². The number of nitrogens with zero attached hydrogens (tertiary/aromatic N) is 4. The maximum atomic E-state index is 12.5. The first-order valence-electron chi connectivity index (χ1n) is 10.4. The highest BCUT2D eigenvalue weighted by Crippen LogP contribution is 2.23. The van der Waals surface area contributed by atoms with Gasteiger partial charge in [0.2, 0.25) is 11.9 Å². The largest absolute Gasteiger partial charge is 0.378 e. The monoisotopic (exact) mass is 395 g/mol. The molecule has 2 saturated heterocycles. The second kappa shape index (κ2) is 9.22. The van der Waals surface area contributed by atoms with E-state index in [9.17, 15) is 4.79 Å². The first kappa shape index (κ1) is 19.6. The quantitative estimate of drug-likeness (QED) is 0.837. The summed E-state index contributed by atoms with van der Waals surface area (Å²) in [5.74, 6) is 0.997. The fraction of sp³-hybridized carbons (Fsp3) is 0.500. The molecule has 0 bridgehead atoms. The van der Waals surface area contributed by atoms with Crippen molar-refractivity contribution in [3.05, 3.63) is 47.8 Å². The summed E-state index contributed by atoms with van der Waals surface area (Å²) in [4.78, 5) is 26.0. The molecule has 7 heteroatoms. The highest BCUT2D eigenvalue weighted by molar-refractivity contribution is 5.79. The molecule has 0 saturated carbocycles. The number of morpholine rings is 1. The van der Waals surface area contributed by atoms with Gasteiger partial charge < -0.3 is 19.9 Å². The van der Waals surface area contributed by atoms with Crippen molar-refractivity contribution in [2.45, 2.75) is 26.3 Å². The molecule has 1 aromatic carbocycles. The lowest BCUT2D eigenvalue weighted by molar-refractivity contribution is -0.125. The molecule has 3 heterocycles. The lowest BCUT2D eigenvalue weighted by atomic mass is 9.95. The zero-order valence-electron chi connectivity index (χ0n) is 17.0. The summed E-state index contributed by atoms with van der Waals surface area (Å²) >= 11 is 0. The van der Waals surface area contributed by atoms with Crippen LogP contribution in [0.15, 0.2) is 36.7 Å². The van der Waals surface area contributed by atoms with Crippen LogP contribution in [0.1, 0.15) is 24.0 Å². The van der Waals surface area contributed by atoms with Crippen LogP contribution in [0, 0.1) is 12.8 Å². The molecular formula is C22H29N5O2. The highest BCUT2D eigenvalue weighted by Gasteiger charge is 2.25. The molecular weight excluding hydrogens is 366 g/mol. The van der Waals surface area contributed by atoms with Crippen molar-refractivity contribution in [1.82, 2.24) is 15.3 Å². The molecule has 2 fully saturated rings. The van der Waals surface area contributed by atoms with E-state index in [0.717, 1.165) is 69.4 Å². The molecule has 0 aliphatic carbocycles. The lowest BCUT2D eigenvalue weighted by Crippen LogP contribution is -2.40. The molecule has 1 N–H and O–H groups in total. The Balaban J connectivity index is 1.25. The maximum Gasteiger partial charge on any atom is 0.225 e. The Labute approximate surface area is 172 Å². The normalized spacial score (nSPS) is 18.0. The van der Waals surface area contributed by atoms with Gasteiger partial charge in [0.15, 0.2) is 0 Å². The Morgan fingerprint density at radius 3 is 2.34 bits per heavy atom. The minimum Gasteiger partial charge on any atom is -0.378 e. The van der Waals surface area contributed by atoms with E-state index in [1.54, 1.807) is 0 Å². The van der Waals surface area contributed by atoms with Crippen LogP contribution >= 0.6 is 0 Å². The molecule has 0 radical (unpaired) electrons. The third-order valence-corrected chi connectivity index (χ3v) is 5.74. The molecule has 2 aliphatic heterocycles.